The fourth-order valence-electron chi connectivity index (χ4n) is 3.88. The summed E-state index contributed by atoms with van der Waals surface area (Å²) in [5.41, 5.74) is 4.28. The van der Waals surface area contributed by atoms with Crippen molar-refractivity contribution >= 4 is 22.9 Å². The van der Waals surface area contributed by atoms with Crippen molar-refractivity contribution < 1.29 is 0 Å². The van der Waals surface area contributed by atoms with Crippen LogP contribution in [0.3, 0.4) is 0 Å². The second-order valence-electron chi connectivity index (χ2n) is 7.95. The van der Waals surface area contributed by atoms with Crippen LogP contribution < -0.4 is 10.6 Å². The highest BCUT2D eigenvalue weighted by molar-refractivity contribution is 5.84. The predicted octanol–water partition coefficient (Wildman–Crippen LogP) is 5.07. The third-order valence-corrected chi connectivity index (χ3v) is 5.67. The molecular weight excluding hydrogens is 348 g/mol. The number of anilines is 2. The highest BCUT2D eigenvalue weighted by atomic mass is 15.2. The monoisotopic (exact) mass is 378 g/mol. The average molecular weight is 379 g/mol. The molecule has 6 heteroatoms. The Bertz CT molecular complexity index is 941. The molecule has 1 aliphatic rings. The maximum absolute atomic E-state index is 4.84. The molecule has 2 aromatic heterocycles. The smallest absolute Gasteiger partial charge is 0.226 e. The summed E-state index contributed by atoms with van der Waals surface area (Å²) < 4.78 is 2.25. The van der Waals surface area contributed by atoms with E-state index in [2.05, 4.69) is 65.2 Å². The first-order chi connectivity index (χ1) is 13.6. The van der Waals surface area contributed by atoms with Crippen LogP contribution in [0.5, 0.6) is 0 Å². The molecule has 0 amide bonds. The second kappa shape index (κ2) is 8.17. The average Bonchev–Trinajstić information content (AvgIpc) is 3.35. The standard InChI is InChI=1S/C22H30N6/c1-4-16(3)25-22-26-20(23-13-17-9-7-8-15(2)12-17)19-21(27-22)28(14-24-19)18-10-5-6-11-18/h7-9,12,14,16,18H,4-6,10-11,13H2,1-3H3,(H2,23,25,26,27). The molecule has 1 atom stereocenters. The number of rotatable bonds is 7. The van der Waals surface area contributed by atoms with Gasteiger partial charge in [0.1, 0.15) is 0 Å². The minimum absolute atomic E-state index is 0.324. The van der Waals surface area contributed by atoms with Crippen molar-refractivity contribution in [2.75, 3.05) is 10.6 Å². The summed E-state index contributed by atoms with van der Waals surface area (Å²) >= 11 is 0. The summed E-state index contributed by atoms with van der Waals surface area (Å²) in [7, 11) is 0. The molecule has 0 saturated heterocycles. The quantitative estimate of drug-likeness (QED) is 0.600. The molecule has 1 unspecified atom stereocenters. The van der Waals surface area contributed by atoms with Crippen molar-refractivity contribution in [3.05, 3.63) is 41.7 Å². The highest BCUT2D eigenvalue weighted by Crippen LogP contribution is 2.33. The van der Waals surface area contributed by atoms with Gasteiger partial charge < -0.3 is 15.2 Å². The number of hydrogen-bond donors (Lipinski definition) is 2. The van der Waals surface area contributed by atoms with Crippen LogP contribution in [0, 0.1) is 6.92 Å². The summed E-state index contributed by atoms with van der Waals surface area (Å²) in [6.45, 7) is 7.15. The van der Waals surface area contributed by atoms with Crippen LogP contribution in [0.4, 0.5) is 11.8 Å². The molecule has 1 saturated carbocycles. The van der Waals surface area contributed by atoms with E-state index < -0.39 is 0 Å². The third-order valence-electron chi connectivity index (χ3n) is 5.67. The first-order valence-electron chi connectivity index (χ1n) is 10.4. The van der Waals surface area contributed by atoms with Crippen molar-refractivity contribution in [2.45, 2.75) is 71.5 Å². The van der Waals surface area contributed by atoms with Crippen molar-refractivity contribution in [3.63, 3.8) is 0 Å². The van der Waals surface area contributed by atoms with E-state index in [1.807, 2.05) is 6.33 Å². The Kier molecular flexibility index (Phi) is 5.46. The lowest BCUT2D eigenvalue weighted by atomic mass is 10.1. The Balaban J connectivity index is 1.68. The molecule has 2 heterocycles. The number of aryl methyl sites for hydroxylation is 1. The summed E-state index contributed by atoms with van der Waals surface area (Å²) in [6, 6.07) is 9.36. The van der Waals surface area contributed by atoms with E-state index in [4.69, 9.17) is 9.97 Å². The van der Waals surface area contributed by atoms with Crippen LogP contribution in [0.1, 0.15) is 63.1 Å². The van der Waals surface area contributed by atoms with E-state index in [0.29, 0.717) is 24.6 Å². The molecule has 0 aliphatic heterocycles. The largest absolute Gasteiger partial charge is 0.364 e. The number of imidazole rings is 1. The summed E-state index contributed by atoms with van der Waals surface area (Å²) in [5.74, 6) is 1.47. The number of aromatic nitrogens is 4. The van der Waals surface area contributed by atoms with Gasteiger partial charge in [0.15, 0.2) is 17.0 Å². The van der Waals surface area contributed by atoms with Gasteiger partial charge >= 0.3 is 0 Å². The minimum Gasteiger partial charge on any atom is -0.364 e. The van der Waals surface area contributed by atoms with Gasteiger partial charge in [0, 0.05) is 18.6 Å². The molecule has 3 aromatic rings. The van der Waals surface area contributed by atoms with Crippen molar-refractivity contribution in [3.8, 4) is 0 Å². The molecule has 0 bridgehead atoms. The second-order valence-corrected chi connectivity index (χ2v) is 7.95. The molecular formula is C22H30N6. The van der Waals surface area contributed by atoms with Gasteiger partial charge in [0.2, 0.25) is 5.95 Å². The normalized spacial score (nSPS) is 15.8. The van der Waals surface area contributed by atoms with E-state index in [-0.39, 0.29) is 0 Å². The Labute approximate surface area is 166 Å². The number of fused-ring (bicyclic) bond motifs is 1. The third kappa shape index (κ3) is 3.96. The minimum atomic E-state index is 0.324. The molecule has 1 aliphatic carbocycles. The van der Waals surface area contributed by atoms with Gasteiger partial charge in [-0.05, 0) is 38.7 Å². The SMILES string of the molecule is CCC(C)Nc1nc(NCc2cccc(C)c2)c2ncn(C3CCCC3)c2n1. The van der Waals surface area contributed by atoms with Crippen LogP contribution in [-0.2, 0) is 6.54 Å². The van der Waals surface area contributed by atoms with Gasteiger partial charge in [0.25, 0.3) is 0 Å². The molecule has 0 spiro atoms. The lowest BCUT2D eigenvalue weighted by Gasteiger charge is -2.16. The fourth-order valence-corrected chi connectivity index (χ4v) is 3.88. The molecule has 0 radical (unpaired) electrons. The maximum Gasteiger partial charge on any atom is 0.226 e. The Morgan fingerprint density at radius 1 is 1.21 bits per heavy atom. The van der Waals surface area contributed by atoms with Crippen molar-refractivity contribution in [1.29, 1.82) is 0 Å². The Morgan fingerprint density at radius 2 is 2.04 bits per heavy atom. The zero-order chi connectivity index (χ0) is 19.5. The van der Waals surface area contributed by atoms with Gasteiger partial charge in [-0.15, -0.1) is 0 Å². The van der Waals surface area contributed by atoms with E-state index >= 15 is 0 Å². The molecule has 28 heavy (non-hydrogen) atoms. The zero-order valence-corrected chi connectivity index (χ0v) is 17.1. The number of hydrogen-bond acceptors (Lipinski definition) is 5. The number of nitrogens with zero attached hydrogens (tertiary/aromatic N) is 4. The van der Waals surface area contributed by atoms with Crippen LogP contribution in [-0.4, -0.2) is 25.6 Å². The molecule has 4 rings (SSSR count). The van der Waals surface area contributed by atoms with Crippen LogP contribution in [0.2, 0.25) is 0 Å². The number of benzene rings is 1. The molecule has 148 valence electrons. The fraction of sp³-hybridized carbons (Fsp3) is 0.500. The highest BCUT2D eigenvalue weighted by Gasteiger charge is 2.22. The van der Waals surface area contributed by atoms with Crippen LogP contribution in [0.25, 0.3) is 11.2 Å². The maximum atomic E-state index is 4.84. The van der Waals surface area contributed by atoms with E-state index in [0.717, 1.165) is 23.4 Å². The zero-order valence-electron chi connectivity index (χ0n) is 17.1. The lowest BCUT2D eigenvalue weighted by molar-refractivity contribution is 0.529. The summed E-state index contributed by atoms with van der Waals surface area (Å²) in [6.07, 6.45) is 7.94. The van der Waals surface area contributed by atoms with Crippen molar-refractivity contribution in [1.82, 2.24) is 19.5 Å². The van der Waals surface area contributed by atoms with Crippen molar-refractivity contribution in [2.24, 2.45) is 0 Å². The van der Waals surface area contributed by atoms with Gasteiger partial charge in [-0.1, -0.05) is 49.6 Å². The van der Waals surface area contributed by atoms with Crippen LogP contribution in [0.15, 0.2) is 30.6 Å². The van der Waals surface area contributed by atoms with Crippen LogP contribution >= 0.6 is 0 Å². The van der Waals surface area contributed by atoms with Gasteiger partial charge in [0.05, 0.1) is 6.33 Å². The summed E-state index contributed by atoms with van der Waals surface area (Å²) in [4.78, 5) is 14.3. The predicted molar refractivity (Wildman–Crippen MR) is 115 cm³/mol. The molecule has 2 N–H and O–H groups in total. The van der Waals surface area contributed by atoms with E-state index in [9.17, 15) is 0 Å². The van der Waals surface area contributed by atoms with Gasteiger partial charge in [-0.2, -0.15) is 9.97 Å². The molecule has 1 fully saturated rings. The van der Waals surface area contributed by atoms with Gasteiger partial charge in [-0.3, -0.25) is 0 Å². The lowest BCUT2D eigenvalue weighted by Crippen LogP contribution is -2.17. The first-order valence-corrected chi connectivity index (χ1v) is 10.4. The Hall–Kier alpha value is -2.63. The topological polar surface area (TPSA) is 67.7 Å². The molecule has 1 aromatic carbocycles. The Morgan fingerprint density at radius 3 is 2.79 bits per heavy atom. The van der Waals surface area contributed by atoms with E-state index in [1.54, 1.807) is 0 Å². The van der Waals surface area contributed by atoms with Gasteiger partial charge in [-0.25, -0.2) is 4.98 Å². The summed E-state index contributed by atoms with van der Waals surface area (Å²) in [5, 5.41) is 6.94. The van der Waals surface area contributed by atoms with E-state index in [1.165, 1.54) is 36.8 Å². The number of nitrogens with one attached hydrogen (secondary N) is 2. The first kappa shape index (κ1) is 18.7. The molecule has 6 nitrogen and oxygen atoms in total.